The third kappa shape index (κ3) is 2.03. The zero-order valence-corrected chi connectivity index (χ0v) is 9.72. The van der Waals surface area contributed by atoms with Gasteiger partial charge in [0, 0.05) is 13.1 Å². The Bertz CT molecular complexity index is 502. The van der Waals surface area contributed by atoms with Gasteiger partial charge in [-0.1, -0.05) is 6.07 Å². The zero-order valence-electron chi connectivity index (χ0n) is 8.90. The smallest absolute Gasteiger partial charge is 0.258 e. The minimum Gasteiger partial charge on any atom is -0.258 e. The van der Waals surface area contributed by atoms with E-state index in [1.165, 1.54) is 10.4 Å². The van der Waals surface area contributed by atoms with E-state index in [4.69, 9.17) is 0 Å². The molecular weight excluding hydrogens is 231 g/mol. The van der Waals surface area contributed by atoms with E-state index in [9.17, 15) is 12.8 Å². The number of nitrogens with zero attached hydrogens (tertiary/aromatic N) is 1. The van der Waals surface area contributed by atoms with Gasteiger partial charge >= 0.3 is 10.2 Å². The molecular formula is C10H13FN2O2S. The van der Waals surface area contributed by atoms with Crippen molar-refractivity contribution in [3.05, 3.63) is 29.6 Å². The van der Waals surface area contributed by atoms with Gasteiger partial charge in [-0.3, -0.25) is 4.31 Å². The summed E-state index contributed by atoms with van der Waals surface area (Å²) in [4.78, 5) is 0. The normalized spacial score (nSPS) is 19.8. The largest absolute Gasteiger partial charge is 0.301 e. The summed E-state index contributed by atoms with van der Waals surface area (Å²) in [6, 6.07) is 4.44. The lowest BCUT2D eigenvalue weighted by atomic mass is 10.2. The molecule has 1 N–H and O–H groups in total. The van der Waals surface area contributed by atoms with Crippen LogP contribution in [0.25, 0.3) is 0 Å². The summed E-state index contributed by atoms with van der Waals surface area (Å²) in [6.45, 7) is 2.47. The molecule has 1 saturated heterocycles. The summed E-state index contributed by atoms with van der Waals surface area (Å²) < 4.78 is 40.3. The van der Waals surface area contributed by atoms with Crippen molar-refractivity contribution in [1.82, 2.24) is 4.72 Å². The van der Waals surface area contributed by atoms with E-state index < -0.39 is 16.0 Å². The average Bonchev–Trinajstić information content (AvgIpc) is 2.22. The van der Waals surface area contributed by atoms with Gasteiger partial charge in [0.05, 0.1) is 5.69 Å². The predicted octanol–water partition coefficient (Wildman–Crippen LogP) is 1.18. The Balaban J connectivity index is 2.39. The quantitative estimate of drug-likeness (QED) is 0.806. The molecule has 2 rings (SSSR count). The first-order valence-electron chi connectivity index (χ1n) is 5.04. The topological polar surface area (TPSA) is 49.4 Å². The van der Waals surface area contributed by atoms with Gasteiger partial charge in [0.2, 0.25) is 0 Å². The molecule has 0 aliphatic carbocycles. The van der Waals surface area contributed by atoms with Crippen LogP contribution in [0.5, 0.6) is 0 Å². The highest BCUT2D eigenvalue weighted by atomic mass is 32.2. The molecule has 0 unspecified atom stereocenters. The van der Waals surface area contributed by atoms with Crippen LogP contribution in [-0.2, 0) is 10.2 Å². The van der Waals surface area contributed by atoms with Gasteiger partial charge in [-0.05, 0) is 31.0 Å². The fourth-order valence-electron chi connectivity index (χ4n) is 1.63. The number of anilines is 1. The molecule has 1 aromatic rings. The first-order valence-corrected chi connectivity index (χ1v) is 6.48. The van der Waals surface area contributed by atoms with Crippen molar-refractivity contribution in [2.75, 3.05) is 17.4 Å². The van der Waals surface area contributed by atoms with Crippen molar-refractivity contribution in [2.24, 2.45) is 0 Å². The number of hydrogen-bond donors (Lipinski definition) is 1. The van der Waals surface area contributed by atoms with Crippen LogP contribution in [0, 0.1) is 12.7 Å². The highest BCUT2D eigenvalue weighted by molar-refractivity contribution is 7.90. The Hall–Kier alpha value is -1.14. The number of aryl methyl sites for hydroxylation is 1. The van der Waals surface area contributed by atoms with E-state index in [-0.39, 0.29) is 0 Å². The first-order chi connectivity index (χ1) is 7.50. The minimum atomic E-state index is -3.49. The van der Waals surface area contributed by atoms with E-state index in [1.54, 1.807) is 19.1 Å². The summed E-state index contributed by atoms with van der Waals surface area (Å²) >= 11 is 0. The highest BCUT2D eigenvalue weighted by Gasteiger charge is 2.25. The fraction of sp³-hybridized carbons (Fsp3) is 0.400. The van der Waals surface area contributed by atoms with Crippen molar-refractivity contribution in [2.45, 2.75) is 13.3 Å². The lowest BCUT2D eigenvalue weighted by Gasteiger charge is -2.28. The van der Waals surface area contributed by atoms with Crippen molar-refractivity contribution in [3.63, 3.8) is 0 Å². The van der Waals surface area contributed by atoms with E-state index in [0.29, 0.717) is 30.8 Å². The molecule has 0 atom stereocenters. The Kier molecular flexibility index (Phi) is 2.86. The number of halogens is 1. The number of hydrogen-bond acceptors (Lipinski definition) is 2. The number of rotatable bonds is 1. The second-order valence-corrected chi connectivity index (χ2v) is 5.44. The SMILES string of the molecule is Cc1ccc(N2CCCNS2(=O)=O)cc1F. The van der Waals surface area contributed by atoms with E-state index in [1.807, 2.05) is 0 Å². The van der Waals surface area contributed by atoms with Crippen molar-refractivity contribution in [3.8, 4) is 0 Å². The lowest BCUT2D eigenvalue weighted by molar-refractivity contribution is 0.559. The van der Waals surface area contributed by atoms with Gasteiger partial charge < -0.3 is 0 Å². The molecule has 0 bridgehead atoms. The maximum absolute atomic E-state index is 13.3. The molecule has 0 spiro atoms. The van der Waals surface area contributed by atoms with Crippen LogP contribution in [0.15, 0.2) is 18.2 Å². The summed E-state index contributed by atoms with van der Waals surface area (Å²) in [6.07, 6.45) is 0.717. The van der Waals surface area contributed by atoms with Crippen LogP contribution in [-0.4, -0.2) is 21.5 Å². The second kappa shape index (κ2) is 4.03. The van der Waals surface area contributed by atoms with Gasteiger partial charge in [0.1, 0.15) is 5.82 Å². The van der Waals surface area contributed by atoms with Crippen LogP contribution in [0.4, 0.5) is 10.1 Å². The van der Waals surface area contributed by atoms with Gasteiger partial charge in [-0.2, -0.15) is 13.1 Å². The van der Waals surface area contributed by atoms with Crippen LogP contribution in [0.3, 0.4) is 0 Å². The Morgan fingerprint density at radius 3 is 2.81 bits per heavy atom. The molecule has 1 fully saturated rings. The monoisotopic (exact) mass is 244 g/mol. The van der Waals surface area contributed by atoms with Gasteiger partial charge in [0.15, 0.2) is 0 Å². The first kappa shape index (κ1) is 11.3. The molecule has 0 saturated carbocycles. The summed E-state index contributed by atoms with van der Waals surface area (Å²) in [5, 5.41) is 0. The van der Waals surface area contributed by atoms with Gasteiger partial charge in [-0.25, -0.2) is 4.39 Å². The molecule has 1 aliphatic heterocycles. The minimum absolute atomic E-state index is 0.371. The molecule has 16 heavy (non-hydrogen) atoms. The molecule has 1 aliphatic rings. The summed E-state index contributed by atoms with van der Waals surface area (Å²) in [7, 11) is -3.49. The van der Waals surface area contributed by atoms with Crippen LogP contribution in [0.1, 0.15) is 12.0 Å². The Labute approximate surface area is 94.3 Å². The van der Waals surface area contributed by atoms with E-state index in [2.05, 4.69) is 4.72 Å². The van der Waals surface area contributed by atoms with Crippen molar-refractivity contribution >= 4 is 15.9 Å². The lowest BCUT2D eigenvalue weighted by Crippen LogP contribution is -2.47. The van der Waals surface area contributed by atoms with Crippen molar-refractivity contribution < 1.29 is 12.8 Å². The van der Waals surface area contributed by atoms with Crippen LogP contribution >= 0.6 is 0 Å². The third-order valence-electron chi connectivity index (χ3n) is 2.56. The average molecular weight is 244 g/mol. The highest BCUT2D eigenvalue weighted by Crippen LogP contribution is 2.22. The molecule has 1 heterocycles. The summed E-state index contributed by atoms with van der Waals surface area (Å²) in [5.41, 5.74) is 0.876. The Morgan fingerprint density at radius 2 is 2.19 bits per heavy atom. The van der Waals surface area contributed by atoms with E-state index in [0.717, 1.165) is 0 Å². The van der Waals surface area contributed by atoms with Crippen LogP contribution < -0.4 is 9.03 Å². The van der Waals surface area contributed by atoms with Crippen LogP contribution in [0.2, 0.25) is 0 Å². The molecule has 1 aromatic carbocycles. The third-order valence-corrected chi connectivity index (χ3v) is 4.10. The molecule has 0 amide bonds. The molecule has 0 aromatic heterocycles. The molecule has 6 heteroatoms. The van der Waals surface area contributed by atoms with Gasteiger partial charge in [-0.15, -0.1) is 0 Å². The predicted molar refractivity (Wildman–Crippen MR) is 60.0 cm³/mol. The zero-order chi connectivity index (χ0) is 11.8. The second-order valence-electron chi connectivity index (χ2n) is 3.76. The molecule has 0 radical (unpaired) electrons. The number of nitrogens with one attached hydrogen (secondary N) is 1. The maximum atomic E-state index is 13.3. The van der Waals surface area contributed by atoms with Gasteiger partial charge in [0.25, 0.3) is 0 Å². The van der Waals surface area contributed by atoms with Crippen molar-refractivity contribution in [1.29, 1.82) is 0 Å². The Morgan fingerprint density at radius 1 is 1.44 bits per heavy atom. The number of benzene rings is 1. The molecule has 4 nitrogen and oxygen atoms in total. The fourth-order valence-corrected chi connectivity index (χ4v) is 2.95. The standard InChI is InChI=1S/C10H13FN2O2S/c1-8-3-4-9(7-10(8)11)13-6-2-5-12-16(13,14)15/h3-4,7,12H,2,5-6H2,1H3. The maximum Gasteiger partial charge on any atom is 0.301 e. The van der Waals surface area contributed by atoms with E-state index >= 15 is 0 Å². The summed E-state index contributed by atoms with van der Waals surface area (Å²) in [5.74, 6) is -0.390. The molecule has 88 valence electrons.